The zero-order valence-corrected chi connectivity index (χ0v) is 9.07. The van der Waals surface area contributed by atoms with Crippen LogP contribution >= 0.6 is 0 Å². The summed E-state index contributed by atoms with van der Waals surface area (Å²) >= 11 is 0. The highest BCUT2D eigenvalue weighted by Crippen LogP contribution is 2.26. The Morgan fingerprint density at radius 1 is 1.27 bits per heavy atom. The summed E-state index contributed by atoms with van der Waals surface area (Å²) in [4.78, 5) is 21.5. The van der Waals surface area contributed by atoms with Crippen LogP contribution in [0.25, 0.3) is 0 Å². The maximum absolute atomic E-state index is 11.3. The quantitative estimate of drug-likeness (QED) is 0.727. The fourth-order valence-electron chi connectivity index (χ4n) is 1.89. The minimum absolute atomic E-state index is 0.0000416. The predicted octanol–water partition coefficient (Wildman–Crippen LogP) is 1.97. The van der Waals surface area contributed by atoms with Crippen molar-refractivity contribution in [1.29, 1.82) is 0 Å². The number of esters is 1. The van der Waals surface area contributed by atoms with E-state index in [9.17, 15) is 9.59 Å². The summed E-state index contributed by atoms with van der Waals surface area (Å²) in [5.41, 5.74) is 0. The van der Waals surface area contributed by atoms with E-state index in [1.807, 2.05) is 0 Å². The second-order valence-corrected chi connectivity index (χ2v) is 4.18. The van der Waals surface area contributed by atoms with E-state index in [4.69, 9.17) is 9.84 Å². The third-order valence-corrected chi connectivity index (χ3v) is 2.86. The first-order valence-electron chi connectivity index (χ1n) is 5.51. The van der Waals surface area contributed by atoms with Gasteiger partial charge in [0, 0.05) is 0 Å². The Balaban J connectivity index is 2.26. The summed E-state index contributed by atoms with van der Waals surface area (Å²) in [5, 5.41) is 8.41. The number of carboxylic acid groups (broad SMARTS) is 1. The molecule has 86 valence electrons. The summed E-state index contributed by atoms with van der Waals surface area (Å²) in [7, 11) is 0. The SMILES string of the molecule is C[C@@H]1CCCC[C@H]1OC(=O)CCC(=O)O. The Bertz CT molecular complexity index is 237. The largest absolute Gasteiger partial charge is 0.481 e. The van der Waals surface area contributed by atoms with Crippen molar-refractivity contribution in [2.75, 3.05) is 0 Å². The maximum atomic E-state index is 11.3. The number of aliphatic carboxylic acids is 1. The van der Waals surface area contributed by atoms with Gasteiger partial charge in [-0.3, -0.25) is 9.59 Å². The lowest BCUT2D eigenvalue weighted by molar-refractivity contribution is -0.155. The zero-order chi connectivity index (χ0) is 11.3. The topological polar surface area (TPSA) is 63.6 Å². The van der Waals surface area contributed by atoms with E-state index in [1.165, 1.54) is 6.42 Å². The van der Waals surface area contributed by atoms with Crippen molar-refractivity contribution in [3.8, 4) is 0 Å². The number of hydrogen-bond donors (Lipinski definition) is 1. The van der Waals surface area contributed by atoms with Crippen molar-refractivity contribution in [1.82, 2.24) is 0 Å². The second kappa shape index (κ2) is 5.73. The molecule has 0 aromatic heterocycles. The molecule has 0 heterocycles. The molecule has 1 saturated carbocycles. The number of carbonyl (C=O) groups excluding carboxylic acids is 1. The lowest BCUT2D eigenvalue weighted by Gasteiger charge is -2.28. The number of hydrogen-bond acceptors (Lipinski definition) is 3. The van der Waals surface area contributed by atoms with Gasteiger partial charge in [0.05, 0.1) is 12.8 Å². The Kier molecular flexibility index (Phi) is 4.59. The molecule has 2 atom stereocenters. The first-order valence-corrected chi connectivity index (χ1v) is 5.51. The van der Waals surface area contributed by atoms with Gasteiger partial charge in [0.2, 0.25) is 0 Å². The molecule has 0 aromatic rings. The van der Waals surface area contributed by atoms with E-state index in [0.717, 1.165) is 19.3 Å². The average molecular weight is 214 g/mol. The van der Waals surface area contributed by atoms with E-state index >= 15 is 0 Å². The summed E-state index contributed by atoms with van der Waals surface area (Å²) < 4.78 is 5.25. The van der Waals surface area contributed by atoms with Gasteiger partial charge >= 0.3 is 11.9 Å². The van der Waals surface area contributed by atoms with Gasteiger partial charge in [-0.15, -0.1) is 0 Å². The molecule has 0 spiro atoms. The standard InChI is InChI=1S/C11H18O4/c1-8-4-2-3-5-9(8)15-11(14)7-6-10(12)13/h8-9H,2-7H2,1H3,(H,12,13)/t8-,9-/m1/s1. The van der Waals surface area contributed by atoms with Crippen LogP contribution in [-0.2, 0) is 14.3 Å². The van der Waals surface area contributed by atoms with Gasteiger partial charge in [-0.2, -0.15) is 0 Å². The summed E-state index contributed by atoms with van der Waals surface area (Å²) in [6.07, 6.45) is 4.15. The van der Waals surface area contributed by atoms with Crippen LogP contribution in [0.5, 0.6) is 0 Å². The third-order valence-electron chi connectivity index (χ3n) is 2.86. The van der Waals surface area contributed by atoms with E-state index in [0.29, 0.717) is 5.92 Å². The summed E-state index contributed by atoms with van der Waals surface area (Å²) in [6, 6.07) is 0. The molecule has 0 amide bonds. The fourth-order valence-corrected chi connectivity index (χ4v) is 1.89. The Labute approximate surface area is 89.6 Å². The molecule has 1 N–H and O–H groups in total. The van der Waals surface area contributed by atoms with Crippen LogP contribution in [0, 0.1) is 5.92 Å². The molecule has 15 heavy (non-hydrogen) atoms. The fraction of sp³-hybridized carbons (Fsp3) is 0.818. The highest BCUT2D eigenvalue weighted by Gasteiger charge is 2.24. The average Bonchev–Trinajstić information content (AvgIpc) is 2.18. The lowest BCUT2D eigenvalue weighted by atomic mass is 9.88. The van der Waals surface area contributed by atoms with Crippen molar-refractivity contribution in [2.45, 2.75) is 51.6 Å². The van der Waals surface area contributed by atoms with Gasteiger partial charge in [-0.1, -0.05) is 13.3 Å². The van der Waals surface area contributed by atoms with Gasteiger partial charge in [0.1, 0.15) is 6.10 Å². The zero-order valence-electron chi connectivity index (χ0n) is 9.07. The molecule has 1 aliphatic rings. The first-order chi connectivity index (χ1) is 7.09. The number of carboxylic acids is 1. The Hall–Kier alpha value is -1.06. The van der Waals surface area contributed by atoms with Crippen molar-refractivity contribution in [3.63, 3.8) is 0 Å². The van der Waals surface area contributed by atoms with Crippen LogP contribution in [0.2, 0.25) is 0 Å². The molecule has 1 rings (SSSR count). The van der Waals surface area contributed by atoms with Crippen LogP contribution in [0.1, 0.15) is 45.4 Å². The second-order valence-electron chi connectivity index (χ2n) is 4.18. The van der Waals surface area contributed by atoms with Crippen molar-refractivity contribution < 1.29 is 19.4 Å². The number of carbonyl (C=O) groups is 2. The monoisotopic (exact) mass is 214 g/mol. The molecular weight excluding hydrogens is 196 g/mol. The molecule has 4 nitrogen and oxygen atoms in total. The first kappa shape index (κ1) is 12.0. The molecule has 4 heteroatoms. The van der Waals surface area contributed by atoms with Crippen LogP contribution in [0.3, 0.4) is 0 Å². The minimum Gasteiger partial charge on any atom is -0.481 e. The van der Waals surface area contributed by atoms with Gasteiger partial charge in [-0.25, -0.2) is 0 Å². The molecule has 0 saturated heterocycles. The van der Waals surface area contributed by atoms with Gasteiger partial charge < -0.3 is 9.84 Å². The molecular formula is C11H18O4. The molecule has 1 fully saturated rings. The third kappa shape index (κ3) is 4.32. The van der Waals surface area contributed by atoms with E-state index in [2.05, 4.69) is 6.92 Å². The molecule has 0 bridgehead atoms. The van der Waals surface area contributed by atoms with Gasteiger partial charge in [0.25, 0.3) is 0 Å². The van der Waals surface area contributed by atoms with Crippen LogP contribution in [-0.4, -0.2) is 23.1 Å². The van der Waals surface area contributed by atoms with Crippen LogP contribution in [0.4, 0.5) is 0 Å². The van der Waals surface area contributed by atoms with Gasteiger partial charge in [-0.05, 0) is 25.2 Å². The smallest absolute Gasteiger partial charge is 0.306 e. The highest BCUT2D eigenvalue weighted by molar-refractivity contribution is 5.76. The molecule has 0 aromatic carbocycles. The lowest BCUT2D eigenvalue weighted by Crippen LogP contribution is -2.28. The van der Waals surface area contributed by atoms with Crippen LogP contribution < -0.4 is 0 Å². The minimum atomic E-state index is -0.955. The van der Waals surface area contributed by atoms with Crippen molar-refractivity contribution in [2.24, 2.45) is 5.92 Å². The predicted molar refractivity (Wildman–Crippen MR) is 54.4 cm³/mol. The molecule has 0 radical (unpaired) electrons. The number of rotatable bonds is 4. The van der Waals surface area contributed by atoms with E-state index in [1.54, 1.807) is 0 Å². The van der Waals surface area contributed by atoms with Crippen molar-refractivity contribution in [3.05, 3.63) is 0 Å². The summed E-state index contributed by atoms with van der Waals surface area (Å²) in [6.45, 7) is 2.08. The summed E-state index contributed by atoms with van der Waals surface area (Å²) in [5.74, 6) is -0.924. The normalized spacial score (nSPS) is 25.9. The highest BCUT2D eigenvalue weighted by atomic mass is 16.5. The Morgan fingerprint density at radius 2 is 1.93 bits per heavy atom. The number of ether oxygens (including phenoxy) is 1. The Morgan fingerprint density at radius 3 is 2.53 bits per heavy atom. The molecule has 0 aliphatic heterocycles. The maximum Gasteiger partial charge on any atom is 0.306 e. The van der Waals surface area contributed by atoms with Crippen molar-refractivity contribution >= 4 is 11.9 Å². The van der Waals surface area contributed by atoms with Crippen LogP contribution in [0.15, 0.2) is 0 Å². The molecule has 1 aliphatic carbocycles. The van der Waals surface area contributed by atoms with E-state index in [-0.39, 0.29) is 24.9 Å². The van der Waals surface area contributed by atoms with E-state index < -0.39 is 5.97 Å². The van der Waals surface area contributed by atoms with Gasteiger partial charge in [0.15, 0.2) is 0 Å². The molecule has 0 unspecified atom stereocenters.